The molecule has 0 saturated heterocycles. The molecule has 5 rings (SSSR count). The Bertz CT molecular complexity index is 1400. The third-order valence-electron chi connectivity index (χ3n) is 5.95. The van der Waals surface area contributed by atoms with E-state index in [9.17, 15) is 20.0 Å². The molecule has 2 aliphatic heterocycles. The highest BCUT2D eigenvalue weighted by atomic mass is 16.5. The standard InChI is InChI=1S/C24H19N5O5/c1-2-33-14-9-7-13(8-10-14)20-19-22(28-27-20)34-21(26)16(11-25)24(19)15-5-3-4-6-17(15)29(23(24)32)12-18(30)31/h3-10H,2,12,26H2,1H3,(H,27,28)(H,30,31)/p-1/t24-/m1/s1. The molecule has 10 heteroatoms. The number of nitrogens with zero attached hydrogens (tertiary/aromatic N) is 3. The molecular formula is C24H18N5O5-. The number of carboxylic acids is 1. The lowest BCUT2D eigenvalue weighted by Crippen LogP contribution is -2.48. The Morgan fingerprint density at radius 1 is 1.29 bits per heavy atom. The second-order valence-corrected chi connectivity index (χ2v) is 7.72. The third-order valence-corrected chi connectivity index (χ3v) is 5.95. The first-order chi connectivity index (χ1) is 16.4. The van der Waals surface area contributed by atoms with Crippen molar-refractivity contribution in [2.24, 2.45) is 5.73 Å². The summed E-state index contributed by atoms with van der Waals surface area (Å²) in [6, 6.07) is 15.8. The Balaban J connectivity index is 1.81. The van der Waals surface area contributed by atoms with Crippen LogP contribution in [0, 0.1) is 11.3 Å². The van der Waals surface area contributed by atoms with E-state index in [0.29, 0.717) is 34.9 Å². The van der Waals surface area contributed by atoms with Gasteiger partial charge in [0.25, 0.3) is 0 Å². The lowest BCUT2D eigenvalue weighted by atomic mass is 9.68. The summed E-state index contributed by atoms with van der Waals surface area (Å²) < 4.78 is 11.1. The fourth-order valence-electron chi connectivity index (χ4n) is 4.67. The van der Waals surface area contributed by atoms with Crippen LogP contribution in [0.3, 0.4) is 0 Å². The summed E-state index contributed by atoms with van der Waals surface area (Å²) in [6.45, 7) is 1.69. The van der Waals surface area contributed by atoms with E-state index >= 15 is 0 Å². The van der Waals surface area contributed by atoms with E-state index in [1.807, 2.05) is 13.0 Å². The molecule has 3 N–H and O–H groups in total. The van der Waals surface area contributed by atoms with Gasteiger partial charge in [0.15, 0.2) is 0 Å². The van der Waals surface area contributed by atoms with Crippen LogP contribution >= 0.6 is 0 Å². The van der Waals surface area contributed by atoms with Gasteiger partial charge in [-0.2, -0.15) is 5.26 Å². The molecule has 1 aromatic heterocycles. The number of para-hydroxylation sites is 1. The van der Waals surface area contributed by atoms with Gasteiger partial charge >= 0.3 is 0 Å². The zero-order valence-electron chi connectivity index (χ0n) is 18.0. The lowest BCUT2D eigenvalue weighted by Gasteiger charge is -2.33. The first-order valence-corrected chi connectivity index (χ1v) is 10.4. The van der Waals surface area contributed by atoms with Gasteiger partial charge in [-0.25, -0.2) is 0 Å². The van der Waals surface area contributed by atoms with Gasteiger partial charge in [0.1, 0.15) is 22.8 Å². The van der Waals surface area contributed by atoms with E-state index in [1.54, 1.807) is 48.5 Å². The number of aromatic amines is 1. The van der Waals surface area contributed by atoms with Crippen molar-refractivity contribution in [3.63, 3.8) is 0 Å². The van der Waals surface area contributed by atoms with Crippen molar-refractivity contribution in [3.05, 3.63) is 71.1 Å². The summed E-state index contributed by atoms with van der Waals surface area (Å²) in [5, 5.41) is 28.7. The van der Waals surface area contributed by atoms with Gasteiger partial charge in [0.05, 0.1) is 30.4 Å². The summed E-state index contributed by atoms with van der Waals surface area (Å²) in [5.41, 5.74) is 6.29. The zero-order chi connectivity index (χ0) is 24.0. The molecule has 0 saturated carbocycles. The number of benzene rings is 2. The SMILES string of the molecule is CCOc1ccc(-c2[nH]nc3c2[C@]2(C(=O)N(CC(=O)[O-])c4ccccc42)C(C#N)=C(N)O3)cc1. The molecule has 1 atom stereocenters. The molecule has 2 aromatic carbocycles. The number of H-pyrrole nitrogens is 1. The highest BCUT2D eigenvalue weighted by Gasteiger charge is 2.61. The van der Waals surface area contributed by atoms with Crippen molar-refractivity contribution >= 4 is 17.6 Å². The molecule has 0 unspecified atom stereocenters. The average molecular weight is 456 g/mol. The Morgan fingerprint density at radius 3 is 2.71 bits per heavy atom. The summed E-state index contributed by atoms with van der Waals surface area (Å²) in [6.07, 6.45) is 0. The van der Waals surface area contributed by atoms with Gasteiger partial charge in [-0.1, -0.05) is 18.2 Å². The number of aliphatic carboxylic acids is 1. The van der Waals surface area contributed by atoms with Crippen LogP contribution in [-0.2, 0) is 15.0 Å². The summed E-state index contributed by atoms with van der Waals surface area (Å²) in [5.74, 6) is -1.69. The number of ether oxygens (including phenoxy) is 2. The van der Waals surface area contributed by atoms with Crippen LogP contribution in [0.2, 0.25) is 0 Å². The molecule has 170 valence electrons. The molecule has 1 amide bonds. The number of carboxylic acid groups (broad SMARTS) is 1. The molecule has 1 spiro atoms. The first-order valence-electron chi connectivity index (χ1n) is 10.4. The maximum Gasteiger partial charge on any atom is 0.248 e. The number of aromatic nitrogens is 2. The molecule has 2 aliphatic rings. The fraction of sp³-hybridized carbons (Fsp3) is 0.167. The number of amides is 1. The minimum atomic E-state index is -1.75. The van der Waals surface area contributed by atoms with Crippen LogP contribution in [0.1, 0.15) is 18.1 Å². The van der Waals surface area contributed by atoms with Gasteiger partial charge in [0.2, 0.25) is 17.7 Å². The third kappa shape index (κ3) is 2.77. The van der Waals surface area contributed by atoms with Crippen LogP contribution in [0.15, 0.2) is 60.0 Å². The normalized spacial score (nSPS) is 18.4. The van der Waals surface area contributed by atoms with Gasteiger partial charge in [0, 0.05) is 16.8 Å². The van der Waals surface area contributed by atoms with E-state index in [4.69, 9.17) is 15.2 Å². The number of nitriles is 1. The molecule has 0 fully saturated rings. The molecule has 3 aromatic rings. The number of nitrogens with one attached hydrogen (secondary N) is 1. The molecule has 3 heterocycles. The quantitative estimate of drug-likeness (QED) is 0.574. The number of nitrogens with two attached hydrogens (primary N) is 1. The maximum atomic E-state index is 14.0. The summed E-state index contributed by atoms with van der Waals surface area (Å²) in [4.78, 5) is 26.6. The van der Waals surface area contributed by atoms with E-state index in [-0.39, 0.29) is 22.9 Å². The van der Waals surface area contributed by atoms with Crippen molar-refractivity contribution in [2.75, 3.05) is 18.1 Å². The number of rotatable bonds is 5. The van der Waals surface area contributed by atoms with E-state index in [0.717, 1.165) is 4.90 Å². The van der Waals surface area contributed by atoms with Gasteiger partial charge in [-0.3, -0.25) is 9.89 Å². The second-order valence-electron chi connectivity index (χ2n) is 7.72. The van der Waals surface area contributed by atoms with Crippen molar-refractivity contribution in [1.82, 2.24) is 10.2 Å². The number of hydrogen-bond donors (Lipinski definition) is 2. The highest BCUT2D eigenvalue weighted by molar-refractivity contribution is 6.16. The molecule has 34 heavy (non-hydrogen) atoms. The number of anilines is 1. The minimum Gasteiger partial charge on any atom is -0.548 e. The number of fused-ring (bicyclic) bond motifs is 4. The molecule has 0 aliphatic carbocycles. The zero-order valence-corrected chi connectivity index (χ0v) is 18.0. The van der Waals surface area contributed by atoms with Crippen molar-refractivity contribution in [1.29, 1.82) is 5.26 Å². The number of carbonyl (C=O) groups is 2. The fourth-order valence-corrected chi connectivity index (χ4v) is 4.67. The lowest BCUT2D eigenvalue weighted by molar-refractivity contribution is -0.303. The summed E-state index contributed by atoms with van der Waals surface area (Å²) in [7, 11) is 0. The van der Waals surface area contributed by atoms with E-state index < -0.39 is 23.8 Å². The van der Waals surface area contributed by atoms with Gasteiger partial charge in [-0.05, 0) is 37.3 Å². The molecule has 10 nitrogen and oxygen atoms in total. The average Bonchev–Trinajstić information content (AvgIpc) is 3.34. The Hall–Kier alpha value is -4.78. The predicted octanol–water partition coefficient (Wildman–Crippen LogP) is 0.944. The Morgan fingerprint density at radius 2 is 2.03 bits per heavy atom. The smallest absolute Gasteiger partial charge is 0.248 e. The second kappa shape index (κ2) is 7.67. The number of carbonyl (C=O) groups excluding carboxylic acids is 2. The van der Waals surface area contributed by atoms with Crippen LogP contribution < -0.4 is 25.2 Å². The minimum absolute atomic E-state index is 0.0267. The highest BCUT2D eigenvalue weighted by Crippen LogP contribution is 2.56. The monoisotopic (exact) mass is 456 g/mol. The molecule has 0 radical (unpaired) electrons. The van der Waals surface area contributed by atoms with E-state index in [1.165, 1.54) is 0 Å². The predicted molar refractivity (Wildman–Crippen MR) is 117 cm³/mol. The van der Waals surface area contributed by atoms with Crippen molar-refractivity contribution in [2.45, 2.75) is 12.3 Å². The van der Waals surface area contributed by atoms with Crippen LogP contribution in [0.4, 0.5) is 5.69 Å². The van der Waals surface area contributed by atoms with Crippen molar-refractivity contribution in [3.8, 4) is 29.0 Å². The van der Waals surface area contributed by atoms with Crippen molar-refractivity contribution < 1.29 is 24.2 Å². The van der Waals surface area contributed by atoms with Gasteiger partial charge < -0.3 is 30.0 Å². The van der Waals surface area contributed by atoms with Gasteiger partial charge in [-0.15, -0.1) is 5.10 Å². The van der Waals surface area contributed by atoms with Crippen LogP contribution in [-0.4, -0.2) is 35.2 Å². The summed E-state index contributed by atoms with van der Waals surface area (Å²) >= 11 is 0. The Kier molecular flexibility index (Phi) is 4.76. The Labute approximate surface area is 193 Å². The maximum absolute atomic E-state index is 14.0. The van der Waals surface area contributed by atoms with Crippen LogP contribution in [0.5, 0.6) is 11.6 Å². The first kappa shape index (κ1) is 21.1. The van der Waals surface area contributed by atoms with Crippen LogP contribution in [0.25, 0.3) is 11.3 Å². The topological polar surface area (TPSA) is 157 Å². The number of hydrogen-bond acceptors (Lipinski definition) is 8. The molecule has 0 bridgehead atoms. The van der Waals surface area contributed by atoms with E-state index in [2.05, 4.69) is 10.2 Å². The largest absolute Gasteiger partial charge is 0.548 e. The molecular weight excluding hydrogens is 438 g/mol.